The van der Waals surface area contributed by atoms with Crippen LogP contribution in [-0.2, 0) is 24.6 Å². The predicted octanol–water partition coefficient (Wildman–Crippen LogP) is 1.45. The number of sulfonamides is 1. The van der Waals surface area contributed by atoms with E-state index in [1.807, 2.05) is 0 Å². The van der Waals surface area contributed by atoms with Crippen LogP contribution in [-0.4, -0.2) is 51.2 Å². The zero-order chi connectivity index (χ0) is 20.7. The molecule has 1 atom stereocenters. The highest BCUT2D eigenvalue weighted by molar-refractivity contribution is 7.92. The fraction of sp³-hybridized carbons (Fsp3) is 0.412. The minimum Gasteiger partial charge on any atom is -0.465 e. The molecule has 1 aliphatic heterocycles. The number of hydrogen-bond donors (Lipinski definition) is 1. The maximum Gasteiger partial charge on any atom is 0.337 e. The van der Waals surface area contributed by atoms with Crippen LogP contribution in [0, 0.1) is 13.8 Å². The van der Waals surface area contributed by atoms with E-state index in [9.17, 15) is 21.6 Å². The normalized spacial score (nSPS) is 18.8. The highest BCUT2D eigenvalue weighted by Gasteiger charge is 2.33. The van der Waals surface area contributed by atoms with E-state index < -0.39 is 25.8 Å². The lowest BCUT2D eigenvalue weighted by atomic mass is 10.2. The second-order valence-corrected chi connectivity index (χ2v) is 10.5. The van der Waals surface area contributed by atoms with Crippen molar-refractivity contribution in [1.29, 1.82) is 0 Å². The molecule has 1 N–H and O–H groups in total. The molecule has 1 unspecified atom stereocenters. The second-order valence-electron chi connectivity index (χ2n) is 6.68. The summed E-state index contributed by atoms with van der Waals surface area (Å²) in [6, 6.07) is 5.46. The maximum absolute atomic E-state index is 12.9. The third-order valence-corrected chi connectivity index (χ3v) is 8.02. The van der Waals surface area contributed by atoms with E-state index in [2.05, 4.69) is 14.6 Å². The lowest BCUT2D eigenvalue weighted by molar-refractivity contribution is 0.0600. The van der Waals surface area contributed by atoms with Gasteiger partial charge in [0.15, 0.2) is 9.84 Å². The Hall–Kier alpha value is -2.40. The quantitative estimate of drug-likeness (QED) is 0.716. The summed E-state index contributed by atoms with van der Waals surface area (Å²) < 4.78 is 57.9. The highest BCUT2D eigenvalue weighted by atomic mass is 32.2. The van der Waals surface area contributed by atoms with E-state index in [0.29, 0.717) is 23.4 Å². The van der Waals surface area contributed by atoms with Crippen LogP contribution in [0.4, 0.5) is 5.69 Å². The van der Waals surface area contributed by atoms with Crippen LogP contribution in [0.2, 0.25) is 0 Å². The monoisotopic (exact) mass is 427 g/mol. The van der Waals surface area contributed by atoms with Gasteiger partial charge in [0.25, 0.3) is 10.0 Å². The van der Waals surface area contributed by atoms with Crippen molar-refractivity contribution in [2.45, 2.75) is 31.2 Å². The Kier molecular flexibility index (Phi) is 5.24. The van der Waals surface area contributed by atoms with Gasteiger partial charge in [-0.2, -0.15) is 5.10 Å². The van der Waals surface area contributed by atoms with Gasteiger partial charge in [-0.15, -0.1) is 0 Å². The van der Waals surface area contributed by atoms with Crippen LogP contribution in [0.3, 0.4) is 0 Å². The van der Waals surface area contributed by atoms with Gasteiger partial charge in [0.05, 0.1) is 41.6 Å². The lowest BCUT2D eigenvalue weighted by Gasteiger charge is -2.12. The number of rotatable bonds is 5. The van der Waals surface area contributed by atoms with Gasteiger partial charge >= 0.3 is 5.97 Å². The molecule has 1 aromatic carbocycles. The van der Waals surface area contributed by atoms with Gasteiger partial charge in [-0.25, -0.2) is 21.6 Å². The first-order valence-corrected chi connectivity index (χ1v) is 11.8. The van der Waals surface area contributed by atoms with Crippen molar-refractivity contribution in [3.63, 3.8) is 0 Å². The number of ether oxygens (including phenoxy) is 1. The number of carbonyl (C=O) groups excluding carboxylic acids is 1. The molecule has 28 heavy (non-hydrogen) atoms. The smallest absolute Gasteiger partial charge is 0.337 e. The Morgan fingerprint density at radius 3 is 2.43 bits per heavy atom. The van der Waals surface area contributed by atoms with Crippen molar-refractivity contribution in [3.8, 4) is 0 Å². The minimum absolute atomic E-state index is 0.0221. The number of methoxy groups -OCH3 is 1. The van der Waals surface area contributed by atoms with E-state index in [0.717, 1.165) is 0 Å². The molecular formula is C17H21N3O6S2. The first-order chi connectivity index (χ1) is 13.0. The molecule has 1 saturated heterocycles. The van der Waals surface area contributed by atoms with Gasteiger partial charge in [-0.1, -0.05) is 0 Å². The summed E-state index contributed by atoms with van der Waals surface area (Å²) in [7, 11) is -5.81. The number of benzene rings is 1. The molecule has 1 aliphatic rings. The number of nitrogens with one attached hydrogen (secondary N) is 1. The molecule has 0 amide bonds. The molecule has 1 fully saturated rings. The summed E-state index contributed by atoms with van der Waals surface area (Å²) in [5.41, 5.74) is 1.26. The number of nitrogens with zero attached hydrogens (tertiary/aromatic N) is 2. The molecule has 9 nitrogen and oxygen atoms in total. The summed E-state index contributed by atoms with van der Waals surface area (Å²) in [5, 5.41) is 4.29. The molecule has 152 valence electrons. The van der Waals surface area contributed by atoms with Crippen molar-refractivity contribution in [2.75, 3.05) is 23.3 Å². The predicted molar refractivity (Wildman–Crippen MR) is 103 cm³/mol. The molecule has 3 rings (SSSR count). The molecule has 0 radical (unpaired) electrons. The Bertz CT molecular complexity index is 1120. The zero-order valence-electron chi connectivity index (χ0n) is 15.7. The Morgan fingerprint density at radius 2 is 1.89 bits per heavy atom. The first-order valence-electron chi connectivity index (χ1n) is 8.51. The third kappa shape index (κ3) is 3.90. The van der Waals surface area contributed by atoms with Crippen LogP contribution in [0.1, 0.15) is 34.2 Å². The van der Waals surface area contributed by atoms with Crippen molar-refractivity contribution >= 4 is 31.5 Å². The van der Waals surface area contributed by atoms with Gasteiger partial charge in [-0.05, 0) is 44.5 Å². The number of sulfone groups is 1. The fourth-order valence-corrected chi connectivity index (χ4v) is 6.51. The molecule has 0 bridgehead atoms. The number of carbonyl (C=O) groups is 1. The Balaban J connectivity index is 1.89. The topological polar surface area (TPSA) is 124 Å². The minimum atomic E-state index is -3.95. The number of esters is 1. The molecule has 1 aromatic heterocycles. The molecule has 2 aromatic rings. The van der Waals surface area contributed by atoms with Gasteiger partial charge in [0.1, 0.15) is 4.90 Å². The van der Waals surface area contributed by atoms with Gasteiger partial charge < -0.3 is 4.74 Å². The van der Waals surface area contributed by atoms with Crippen LogP contribution < -0.4 is 4.72 Å². The molecule has 0 saturated carbocycles. The van der Waals surface area contributed by atoms with Crippen molar-refractivity contribution in [2.24, 2.45) is 0 Å². The second kappa shape index (κ2) is 7.21. The first kappa shape index (κ1) is 20.3. The summed E-state index contributed by atoms with van der Waals surface area (Å²) in [5.74, 6) is -0.492. The highest BCUT2D eigenvalue weighted by Crippen LogP contribution is 2.29. The molecule has 2 heterocycles. The number of hydrogen-bond acceptors (Lipinski definition) is 7. The van der Waals surface area contributed by atoms with Crippen LogP contribution in [0.5, 0.6) is 0 Å². The van der Waals surface area contributed by atoms with E-state index in [1.165, 1.54) is 36.1 Å². The van der Waals surface area contributed by atoms with Gasteiger partial charge in [0.2, 0.25) is 0 Å². The average Bonchev–Trinajstić information content (AvgIpc) is 3.13. The van der Waals surface area contributed by atoms with Crippen LogP contribution >= 0.6 is 0 Å². The molecule has 0 aliphatic carbocycles. The number of anilines is 1. The van der Waals surface area contributed by atoms with Crippen molar-refractivity contribution in [1.82, 2.24) is 9.78 Å². The van der Waals surface area contributed by atoms with Crippen LogP contribution in [0.15, 0.2) is 29.2 Å². The van der Waals surface area contributed by atoms with Gasteiger partial charge in [-0.3, -0.25) is 9.40 Å². The molecule has 11 heteroatoms. The van der Waals surface area contributed by atoms with E-state index in [1.54, 1.807) is 13.8 Å². The van der Waals surface area contributed by atoms with E-state index in [-0.39, 0.29) is 28.1 Å². The SMILES string of the molecule is COC(=O)c1ccc(NS(=O)(=O)c2c(C)nn(C3CCS(=O)(=O)C3)c2C)cc1. The number of aryl methyl sites for hydroxylation is 1. The third-order valence-electron chi connectivity index (χ3n) is 4.64. The Labute approximate surface area is 163 Å². The standard InChI is InChI=1S/C17H21N3O6S2/c1-11-16(12(2)20(18-11)15-8-9-27(22,23)10-15)28(24,25)19-14-6-4-13(5-7-14)17(21)26-3/h4-7,15,19H,8-10H2,1-3H3. The fourth-order valence-electron chi connectivity index (χ4n) is 3.36. The summed E-state index contributed by atoms with van der Waals surface area (Å²) >= 11 is 0. The largest absolute Gasteiger partial charge is 0.465 e. The summed E-state index contributed by atoms with van der Waals surface area (Å²) in [6.07, 6.45) is 0.409. The van der Waals surface area contributed by atoms with E-state index in [4.69, 9.17) is 0 Å². The zero-order valence-corrected chi connectivity index (χ0v) is 17.3. The average molecular weight is 428 g/mol. The molecule has 0 spiro atoms. The molecular weight excluding hydrogens is 406 g/mol. The summed E-state index contributed by atoms with van der Waals surface area (Å²) in [4.78, 5) is 11.5. The number of aromatic nitrogens is 2. The van der Waals surface area contributed by atoms with Gasteiger partial charge in [0, 0.05) is 5.69 Å². The van der Waals surface area contributed by atoms with Crippen LogP contribution in [0.25, 0.3) is 0 Å². The lowest BCUT2D eigenvalue weighted by Crippen LogP contribution is -2.17. The van der Waals surface area contributed by atoms with Crippen molar-refractivity contribution in [3.05, 3.63) is 41.2 Å². The maximum atomic E-state index is 12.9. The van der Waals surface area contributed by atoms with Crippen molar-refractivity contribution < 1.29 is 26.4 Å². The van der Waals surface area contributed by atoms with E-state index >= 15 is 0 Å². The Morgan fingerprint density at radius 1 is 1.25 bits per heavy atom. The summed E-state index contributed by atoms with van der Waals surface area (Å²) in [6.45, 7) is 3.18.